The van der Waals surface area contributed by atoms with E-state index in [0.717, 1.165) is 12.1 Å². The Morgan fingerprint density at radius 3 is 2.35 bits per heavy atom. The van der Waals surface area contributed by atoms with Gasteiger partial charge in [-0.05, 0) is 25.5 Å². The van der Waals surface area contributed by atoms with Gasteiger partial charge in [-0.1, -0.05) is 0 Å². The van der Waals surface area contributed by atoms with Crippen LogP contribution in [0.3, 0.4) is 0 Å². The van der Waals surface area contributed by atoms with Gasteiger partial charge in [0.05, 0.1) is 6.07 Å². The van der Waals surface area contributed by atoms with E-state index in [9.17, 15) is 18.4 Å². The zero-order valence-electron chi connectivity index (χ0n) is 10.6. The summed E-state index contributed by atoms with van der Waals surface area (Å²) >= 11 is 0. The van der Waals surface area contributed by atoms with Crippen LogP contribution in [0.4, 0.5) is 8.78 Å². The fraction of sp³-hybridized carbons (Fsp3) is 0.308. The molecule has 2 N–H and O–H groups in total. The van der Waals surface area contributed by atoms with Crippen molar-refractivity contribution in [1.29, 1.82) is 5.26 Å². The van der Waals surface area contributed by atoms with Gasteiger partial charge in [-0.3, -0.25) is 4.79 Å². The van der Waals surface area contributed by atoms with Crippen LogP contribution in [0.1, 0.15) is 23.7 Å². The third kappa shape index (κ3) is 4.31. The Labute approximate surface area is 113 Å². The standard InChI is InChI=1S/C13H12F2N2O3/c1-7(6-16)2-11(13(19)20)17-12(18)8-3-9(14)5-10(15)4-8/h3-5,7,11H,2H2,1H3,(H,17,18)(H,19,20)/t7-,11+/m1/s1. The summed E-state index contributed by atoms with van der Waals surface area (Å²) < 4.78 is 25.9. The molecule has 0 unspecified atom stereocenters. The normalized spacial score (nSPS) is 13.1. The molecule has 0 aliphatic rings. The number of nitrogens with zero attached hydrogens (tertiary/aromatic N) is 1. The Balaban J connectivity index is 2.86. The lowest BCUT2D eigenvalue weighted by molar-refractivity contribution is -0.139. The minimum absolute atomic E-state index is 0.102. The number of amides is 1. The van der Waals surface area contributed by atoms with Gasteiger partial charge < -0.3 is 10.4 Å². The lowest BCUT2D eigenvalue weighted by Gasteiger charge is -2.15. The first kappa shape index (κ1) is 15.6. The number of hydrogen-bond donors (Lipinski definition) is 2. The molecule has 0 aliphatic heterocycles. The minimum Gasteiger partial charge on any atom is -0.480 e. The number of aliphatic carboxylic acids is 1. The number of carbonyl (C=O) groups excluding carboxylic acids is 1. The van der Waals surface area contributed by atoms with Gasteiger partial charge in [-0.15, -0.1) is 0 Å². The van der Waals surface area contributed by atoms with Gasteiger partial charge in [0.1, 0.15) is 17.7 Å². The Kier molecular flexibility index (Phi) is 5.15. The summed E-state index contributed by atoms with van der Waals surface area (Å²) in [4.78, 5) is 22.7. The van der Waals surface area contributed by atoms with Crippen molar-refractivity contribution in [2.45, 2.75) is 19.4 Å². The summed E-state index contributed by atoms with van der Waals surface area (Å²) in [5.74, 6) is -4.70. The molecule has 1 aromatic rings. The lowest BCUT2D eigenvalue weighted by atomic mass is 10.0. The second-order valence-corrected chi connectivity index (χ2v) is 4.29. The highest BCUT2D eigenvalue weighted by atomic mass is 19.1. The molecule has 0 spiro atoms. The van der Waals surface area contributed by atoms with E-state index in [0.29, 0.717) is 6.07 Å². The van der Waals surface area contributed by atoms with Crippen LogP contribution in [0.2, 0.25) is 0 Å². The van der Waals surface area contributed by atoms with E-state index in [1.165, 1.54) is 6.92 Å². The summed E-state index contributed by atoms with van der Waals surface area (Å²) in [5.41, 5.74) is -0.321. The number of carboxylic acids is 1. The molecule has 1 aromatic carbocycles. The number of hydrogen-bond acceptors (Lipinski definition) is 3. The Morgan fingerprint density at radius 2 is 1.90 bits per heavy atom. The van der Waals surface area contributed by atoms with Gasteiger partial charge in [0.25, 0.3) is 5.91 Å². The lowest BCUT2D eigenvalue weighted by Crippen LogP contribution is -2.41. The van der Waals surface area contributed by atoms with Crippen molar-refractivity contribution in [3.8, 4) is 6.07 Å². The second-order valence-electron chi connectivity index (χ2n) is 4.29. The van der Waals surface area contributed by atoms with Gasteiger partial charge in [-0.2, -0.15) is 5.26 Å². The summed E-state index contributed by atoms with van der Waals surface area (Å²) in [6.45, 7) is 1.50. The first-order valence-corrected chi connectivity index (χ1v) is 5.73. The van der Waals surface area contributed by atoms with Crippen LogP contribution >= 0.6 is 0 Å². The van der Waals surface area contributed by atoms with Crippen LogP contribution < -0.4 is 5.32 Å². The van der Waals surface area contributed by atoms with Crippen molar-refractivity contribution in [1.82, 2.24) is 5.32 Å². The molecule has 20 heavy (non-hydrogen) atoms. The van der Waals surface area contributed by atoms with Gasteiger partial charge in [0.15, 0.2) is 0 Å². The minimum atomic E-state index is -1.32. The molecule has 5 nitrogen and oxygen atoms in total. The van der Waals surface area contributed by atoms with Gasteiger partial charge in [0, 0.05) is 17.5 Å². The van der Waals surface area contributed by atoms with Crippen LogP contribution in [-0.2, 0) is 4.79 Å². The van der Waals surface area contributed by atoms with Crippen LogP contribution in [-0.4, -0.2) is 23.0 Å². The zero-order valence-corrected chi connectivity index (χ0v) is 10.6. The number of carbonyl (C=O) groups is 2. The van der Waals surface area contributed by atoms with Crippen LogP contribution in [0, 0.1) is 28.9 Å². The molecule has 0 aliphatic carbocycles. The topological polar surface area (TPSA) is 90.2 Å². The predicted octanol–water partition coefficient (Wildman–Crippen LogP) is 1.70. The second kappa shape index (κ2) is 6.61. The third-order valence-corrected chi connectivity index (χ3v) is 2.54. The first-order chi connectivity index (χ1) is 9.33. The molecule has 0 saturated carbocycles. The molecule has 2 atom stereocenters. The van der Waals surface area contributed by atoms with Crippen molar-refractivity contribution in [3.05, 3.63) is 35.4 Å². The Morgan fingerprint density at radius 1 is 1.35 bits per heavy atom. The molecule has 0 bridgehead atoms. The van der Waals surface area contributed by atoms with Crippen molar-refractivity contribution in [3.63, 3.8) is 0 Å². The average molecular weight is 282 g/mol. The molecular formula is C13H12F2N2O3. The summed E-state index contributed by atoms with van der Waals surface area (Å²) in [7, 11) is 0. The van der Waals surface area contributed by atoms with Crippen LogP contribution in [0.5, 0.6) is 0 Å². The first-order valence-electron chi connectivity index (χ1n) is 5.73. The third-order valence-electron chi connectivity index (χ3n) is 2.54. The van der Waals surface area contributed by atoms with Crippen molar-refractivity contribution < 1.29 is 23.5 Å². The highest BCUT2D eigenvalue weighted by molar-refractivity contribution is 5.96. The van der Waals surface area contributed by atoms with Gasteiger partial charge in [-0.25, -0.2) is 13.6 Å². The van der Waals surface area contributed by atoms with Gasteiger partial charge >= 0.3 is 5.97 Å². The van der Waals surface area contributed by atoms with E-state index < -0.39 is 35.5 Å². The fourth-order valence-corrected chi connectivity index (χ4v) is 1.55. The summed E-state index contributed by atoms with van der Waals surface area (Å²) in [6.07, 6.45) is -0.102. The van der Waals surface area contributed by atoms with Crippen molar-refractivity contribution in [2.75, 3.05) is 0 Å². The van der Waals surface area contributed by atoms with Crippen LogP contribution in [0.25, 0.3) is 0 Å². The number of halogens is 2. The number of benzene rings is 1. The van der Waals surface area contributed by atoms with E-state index >= 15 is 0 Å². The van der Waals surface area contributed by atoms with E-state index in [2.05, 4.69) is 5.32 Å². The highest BCUT2D eigenvalue weighted by Gasteiger charge is 2.23. The maximum atomic E-state index is 13.0. The Bertz CT molecular complexity index is 549. The van der Waals surface area contributed by atoms with E-state index in [1.54, 1.807) is 0 Å². The average Bonchev–Trinajstić information content (AvgIpc) is 2.36. The van der Waals surface area contributed by atoms with E-state index in [1.807, 2.05) is 6.07 Å². The molecule has 1 rings (SSSR count). The molecule has 0 radical (unpaired) electrons. The summed E-state index contributed by atoms with van der Waals surface area (Å²) in [5, 5.41) is 19.7. The number of nitrogens with one attached hydrogen (secondary N) is 1. The quantitative estimate of drug-likeness (QED) is 0.860. The molecule has 0 fully saturated rings. The summed E-state index contributed by atoms with van der Waals surface area (Å²) in [6, 6.07) is 2.74. The van der Waals surface area contributed by atoms with Crippen molar-refractivity contribution in [2.24, 2.45) is 5.92 Å². The predicted molar refractivity (Wildman–Crippen MR) is 64.6 cm³/mol. The monoisotopic (exact) mass is 282 g/mol. The van der Waals surface area contributed by atoms with Gasteiger partial charge in [0.2, 0.25) is 0 Å². The smallest absolute Gasteiger partial charge is 0.326 e. The number of nitriles is 1. The molecule has 106 valence electrons. The molecule has 0 heterocycles. The molecule has 0 saturated heterocycles. The zero-order chi connectivity index (χ0) is 15.3. The maximum Gasteiger partial charge on any atom is 0.326 e. The molecule has 7 heteroatoms. The number of rotatable bonds is 5. The molecular weight excluding hydrogens is 270 g/mol. The van der Waals surface area contributed by atoms with E-state index in [-0.39, 0.29) is 12.0 Å². The van der Waals surface area contributed by atoms with Crippen molar-refractivity contribution >= 4 is 11.9 Å². The maximum absolute atomic E-state index is 13.0. The molecule has 1 amide bonds. The molecule has 0 aromatic heterocycles. The van der Waals surface area contributed by atoms with E-state index in [4.69, 9.17) is 10.4 Å². The Hall–Kier alpha value is -2.49. The largest absolute Gasteiger partial charge is 0.480 e. The number of carboxylic acid groups (broad SMARTS) is 1. The SMILES string of the molecule is C[C@@H](C#N)C[C@H](NC(=O)c1cc(F)cc(F)c1)C(=O)O. The highest BCUT2D eigenvalue weighted by Crippen LogP contribution is 2.10. The van der Waals surface area contributed by atoms with Crippen LogP contribution in [0.15, 0.2) is 18.2 Å². The fourth-order valence-electron chi connectivity index (χ4n) is 1.55.